The van der Waals surface area contributed by atoms with Gasteiger partial charge in [-0.1, -0.05) is 82.0 Å². The number of ether oxygens (including phenoxy) is 2. The Morgan fingerprint density at radius 3 is 1.98 bits per heavy atom. The number of amides is 2. The third-order valence-corrected chi connectivity index (χ3v) is 22.6. The molecule has 256 valence electrons. The fraction of sp³-hybridized carbons (Fsp3) is 0.765. The molecule has 2 heterocycles. The Bertz CT molecular complexity index is 1200. The minimum absolute atomic E-state index is 0.0201. The molecule has 2 amide bonds. The maximum atomic E-state index is 14.5. The molecule has 0 unspecified atom stereocenters. The average molecular weight is 679 g/mol. The number of hydrogen-bond donors (Lipinski definition) is 0. The standard InChI is InChI=1S/C34H62N2O6Si3/c1-23(2)45(24(3)4,25(5)6)42-31-19-27-28(20-30(31)39-10)36(22-40-16-17-43(11,12)13)33(38)29-18-26(21-35(29)32(27)37)41-44(14,15)34(7,8)9/h19-20,23-26,29H,16-18,21-22H2,1-15H3/t26-,29+/m1/s1. The number of carbonyl (C=O) groups excluding carboxylic acids is 2. The lowest BCUT2D eigenvalue weighted by Crippen LogP contribution is -2.50. The summed E-state index contributed by atoms with van der Waals surface area (Å²) < 4.78 is 25.9. The third-order valence-electron chi connectivity index (χ3n) is 10.4. The van der Waals surface area contributed by atoms with Crippen LogP contribution < -0.4 is 14.1 Å². The quantitative estimate of drug-likeness (QED) is 0.154. The van der Waals surface area contributed by atoms with Gasteiger partial charge in [0.25, 0.3) is 20.1 Å². The predicted octanol–water partition coefficient (Wildman–Crippen LogP) is 8.51. The number of methoxy groups -OCH3 is 1. The van der Waals surface area contributed by atoms with Crippen molar-refractivity contribution < 1.29 is 27.9 Å². The van der Waals surface area contributed by atoms with Crippen LogP contribution in [0.3, 0.4) is 0 Å². The van der Waals surface area contributed by atoms with Gasteiger partial charge < -0.3 is 23.2 Å². The molecule has 0 aromatic heterocycles. The number of nitrogens with zero attached hydrogens (tertiary/aromatic N) is 2. The molecule has 2 atom stereocenters. The number of hydrogen-bond acceptors (Lipinski definition) is 6. The number of fused-ring (bicyclic) bond motifs is 2. The van der Waals surface area contributed by atoms with E-state index < -0.39 is 30.8 Å². The molecule has 0 aliphatic carbocycles. The lowest BCUT2D eigenvalue weighted by atomic mass is 10.1. The summed E-state index contributed by atoms with van der Waals surface area (Å²) in [6.45, 7) is 32.5. The Kier molecular flexibility index (Phi) is 11.6. The van der Waals surface area contributed by atoms with Crippen molar-refractivity contribution in [2.24, 2.45) is 0 Å². The van der Waals surface area contributed by atoms with Gasteiger partial charge in [0.2, 0.25) is 0 Å². The Balaban J connectivity index is 2.12. The molecular weight excluding hydrogens is 617 g/mol. The summed E-state index contributed by atoms with van der Waals surface area (Å²) in [7, 11) is -4.21. The van der Waals surface area contributed by atoms with E-state index in [4.69, 9.17) is 18.3 Å². The zero-order valence-corrected chi connectivity index (χ0v) is 33.9. The highest BCUT2D eigenvalue weighted by molar-refractivity contribution is 6.78. The zero-order valence-electron chi connectivity index (χ0n) is 30.9. The van der Waals surface area contributed by atoms with Gasteiger partial charge in [-0.2, -0.15) is 0 Å². The monoisotopic (exact) mass is 678 g/mol. The molecule has 0 spiro atoms. The molecule has 0 saturated carbocycles. The van der Waals surface area contributed by atoms with Crippen molar-refractivity contribution in [3.63, 3.8) is 0 Å². The van der Waals surface area contributed by atoms with Crippen molar-refractivity contribution >= 4 is 42.2 Å². The van der Waals surface area contributed by atoms with Crippen LogP contribution in [0.1, 0.15) is 79.1 Å². The molecular formula is C34H62N2O6Si3. The van der Waals surface area contributed by atoms with E-state index >= 15 is 0 Å². The van der Waals surface area contributed by atoms with Crippen LogP contribution >= 0.6 is 0 Å². The summed E-state index contributed by atoms with van der Waals surface area (Å²) in [5, 5.41) is 0.0201. The molecule has 11 heteroatoms. The second-order valence-corrected chi connectivity index (χ2v) is 32.5. The van der Waals surface area contributed by atoms with Gasteiger partial charge in [-0.05, 0) is 46.9 Å². The summed E-state index contributed by atoms with van der Waals surface area (Å²) in [5.41, 5.74) is 1.98. The fourth-order valence-corrected chi connectivity index (χ4v) is 14.1. The molecule has 1 aromatic rings. The van der Waals surface area contributed by atoms with Gasteiger partial charge in [0.15, 0.2) is 14.1 Å². The van der Waals surface area contributed by atoms with E-state index in [9.17, 15) is 9.59 Å². The van der Waals surface area contributed by atoms with Crippen LogP contribution in [0.15, 0.2) is 12.1 Å². The predicted molar refractivity (Wildman–Crippen MR) is 193 cm³/mol. The van der Waals surface area contributed by atoms with Crippen LogP contribution in [-0.2, 0) is 14.0 Å². The van der Waals surface area contributed by atoms with E-state index in [1.807, 2.05) is 12.1 Å². The molecule has 1 saturated heterocycles. The smallest absolute Gasteiger partial charge is 0.258 e. The van der Waals surface area contributed by atoms with Crippen molar-refractivity contribution in [3.05, 3.63) is 17.7 Å². The highest BCUT2D eigenvalue weighted by Gasteiger charge is 2.50. The zero-order chi connectivity index (χ0) is 34.3. The first-order valence-corrected chi connectivity index (χ1v) is 25.6. The van der Waals surface area contributed by atoms with Crippen LogP contribution in [0.4, 0.5) is 5.69 Å². The fourth-order valence-electron chi connectivity index (χ4n) is 6.78. The van der Waals surface area contributed by atoms with Crippen LogP contribution in [0.5, 0.6) is 11.5 Å². The number of rotatable bonds is 13. The molecule has 2 aliphatic heterocycles. The Morgan fingerprint density at radius 2 is 1.49 bits per heavy atom. The molecule has 0 radical (unpaired) electrons. The summed E-state index contributed by atoms with van der Waals surface area (Å²) in [6.07, 6.45) is 0.276. The Morgan fingerprint density at radius 1 is 0.911 bits per heavy atom. The van der Waals surface area contributed by atoms with E-state index in [0.29, 0.717) is 58.9 Å². The SMILES string of the molecule is COc1cc2c(cc1O[Si](C(C)C)(C(C)C)C(C)C)C(=O)N1C[C@H](O[Si](C)(C)C(C)(C)C)C[C@H]1C(=O)N2COCC[Si](C)(C)C. The van der Waals surface area contributed by atoms with E-state index in [-0.39, 0.29) is 29.7 Å². The van der Waals surface area contributed by atoms with Crippen LogP contribution in [0.25, 0.3) is 0 Å². The van der Waals surface area contributed by atoms with Crippen LogP contribution in [0.2, 0.25) is 60.4 Å². The molecule has 0 bridgehead atoms. The topological polar surface area (TPSA) is 77.5 Å². The molecule has 1 aromatic carbocycles. The normalized spacial score (nSPS) is 19.9. The second kappa shape index (κ2) is 13.8. The maximum Gasteiger partial charge on any atom is 0.258 e. The Labute approximate surface area is 276 Å². The van der Waals surface area contributed by atoms with E-state index in [2.05, 4.69) is 95.0 Å². The first-order valence-electron chi connectivity index (χ1n) is 16.9. The summed E-state index contributed by atoms with van der Waals surface area (Å²) in [5.74, 6) is 0.794. The van der Waals surface area contributed by atoms with E-state index in [1.165, 1.54) is 0 Å². The molecule has 2 aliphatic rings. The van der Waals surface area contributed by atoms with E-state index in [0.717, 1.165) is 6.04 Å². The summed E-state index contributed by atoms with van der Waals surface area (Å²) in [6, 6.07) is 4.01. The van der Waals surface area contributed by atoms with Crippen LogP contribution in [0, 0.1) is 0 Å². The van der Waals surface area contributed by atoms with Crippen LogP contribution in [-0.4, -0.2) is 80.6 Å². The molecule has 45 heavy (non-hydrogen) atoms. The Hall–Kier alpha value is -1.67. The highest BCUT2D eigenvalue weighted by Crippen LogP contribution is 2.47. The van der Waals surface area contributed by atoms with Crippen molar-refractivity contribution in [3.8, 4) is 11.5 Å². The van der Waals surface area contributed by atoms with Crippen molar-refractivity contribution in [1.82, 2.24) is 4.90 Å². The summed E-state index contributed by atoms with van der Waals surface area (Å²) >= 11 is 0. The minimum Gasteiger partial charge on any atom is -0.540 e. The van der Waals surface area contributed by atoms with Gasteiger partial charge in [0, 0.05) is 33.7 Å². The summed E-state index contributed by atoms with van der Waals surface area (Å²) in [4.78, 5) is 32.2. The molecule has 1 fully saturated rings. The van der Waals surface area contributed by atoms with Crippen molar-refractivity contribution in [1.29, 1.82) is 0 Å². The molecule has 0 N–H and O–H groups in total. The van der Waals surface area contributed by atoms with E-state index in [1.54, 1.807) is 16.9 Å². The maximum absolute atomic E-state index is 14.5. The number of carbonyl (C=O) groups is 2. The highest BCUT2D eigenvalue weighted by atomic mass is 28.4. The van der Waals surface area contributed by atoms with Gasteiger partial charge in [0.05, 0.1) is 24.5 Å². The first-order chi connectivity index (χ1) is 20.6. The lowest BCUT2D eigenvalue weighted by Gasteiger charge is -2.42. The largest absolute Gasteiger partial charge is 0.540 e. The minimum atomic E-state index is -2.37. The van der Waals surface area contributed by atoms with Gasteiger partial charge in [0.1, 0.15) is 18.5 Å². The first kappa shape index (κ1) is 37.8. The lowest BCUT2D eigenvalue weighted by molar-refractivity contribution is -0.123. The average Bonchev–Trinajstić information content (AvgIpc) is 3.29. The third kappa shape index (κ3) is 7.90. The second-order valence-electron chi connectivity index (χ2n) is 16.8. The number of benzene rings is 1. The van der Waals surface area contributed by atoms with Crippen molar-refractivity contribution in [2.45, 2.75) is 141 Å². The van der Waals surface area contributed by atoms with Gasteiger partial charge in [-0.3, -0.25) is 14.5 Å². The van der Waals surface area contributed by atoms with Crippen molar-refractivity contribution in [2.75, 3.05) is 31.9 Å². The molecule has 3 rings (SSSR count). The van der Waals surface area contributed by atoms with Gasteiger partial charge in [-0.25, -0.2) is 0 Å². The molecule has 8 nitrogen and oxygen atoms in total. The number of anilines is 1. The van der Waals surface area contributed by atoms with Gasteiger partial charge in [-0.15, -0.1) is 0 Å². The van der Waals surface area contributed by atoms with Gasteiger partial charge >= 0.3 is 0 Å².